The molecule has 7 heteroatoms. The van der Waals surface area contributed by atoms with Crippen LogP contribution in [0.1, 0.15) is 19.4 Å². The third-order valence-electron chi connectivity index (χ3n) is 3.00. The number of carboxylic acid groups (broad SMARTS) is 1. The zero-order valence-corrected chi connectivity index (χ0v) is 12.7. The highest BCUT2D eigenvalue weighted by molar-refractivity contribution is 5.99. The van der Waals surface area contributed by atoms with E-state index >= 15 is 0 Å². The van der Waals surface area contributed by atoms with Crippen molar-refractivity contribution in [3.05, 3.63) is 41.6 Å². The van der Waals surface area contributed by atoms with Gasteiger partial charge in [-0.2, -0.15) is 10.5 Å². The van der Waals surface area contributed by atoms with Gasteiger partial charge in [-0.15, -0.1) is 0 Å². The Morgan fingerprint density at radius 3 is 2.43 bits per heavy atom. The lowest BCUT2D eigenvalue weighted by molar-refractivity contribution is -0.142. The number of benzene rings is 1. The maximum Gasteiger partial charge on any atom is 0.326 e. The van der Waals surface area contributed by atoms with Gasteiger partial charge in [0.1, 0.15) is 23.8 Å². The Balaban J connectivity index is 2.91. The monoisotopic (exact) mass is 312 g/mol. The van der Waals surface area contributed by atoms with Crippen molar-refractivity contribution in [1.82, 2.24) is 5.32 Å². The summed E-state index contributed by atoms with van der Waals surface area (Å²) in [5.41, 5.74) is 0.505. The molecule has 0 bridgehead atoms. The number of anilines is 1. The Morgan fingerprint density at radius 2 is 1.91 bits per heavy atom. The molecule has 1 amide bonds. The number of amides is 1. The number of carbonyl (C=O) groups is 2. The van der Waals surface area contributed by atoms with Gasteiger partial charge < -0.3 is 15.7 Å². The van der Waals surface area contributed by atoms with Gasteiger partial charge in [0.25, 0.3) is 5.91 Å². The first kappa shape index (κ1) is 17.7. The lowest BCUT2D eigenvalue weighted by atomic mass is 10.0. The number of nitrogens with one attached hydrogen (secondary N) is 2. The number of nitriles is 2. The summed E-state index contributed by atoms with van der Waals surface area (Å²) in [5, 5.41) is 32.1. The number of hydrogen-bond acceptors (Lipinski definition) is 5. The normalized spacial score (nSPS) is 12.0. The van der Waals surface area contributed by atoms with Crippen molar-refractivity contribution < 1.29 is 14.7 Å². The molecule has 1 aromatic rings. The molecule has 1 unspecified atom stereocenters. The van der Waals surface area contributed by atoms with Gasteiger partial charge in [0, 0.05) is 6.20 Å². The molecule has 118 valence electrons. The topological polar surface area (TPSA) is 126 Å². The van der Waals surface area contributed by atoms with Gasteiger partial charge in [0.15, 0.2) is 0 Å². The van der Waals surface area contributed by atoms with Crippen molar-refractivity contribution >= 4 is 17.6 Å². The molecular weight excluding hydrogens is 296 g/mol. The molecule has 0 saturated heterocycles. The molecule has 0 radical (unpaired) electrons. The largest absolute Gasteiger partial charge is 0.480 e. The maximum atomic E-state index is 12.0. The van der Waals surface area contributed by atoms with Crippen LogP contribution in [0.3, 0.4) is 0 Å². The molecule has 1 rings (SSSR count). The van der Waals surface area contributed by atoms with Crippen LogP contribution in [0, 0.1) is 28.6 Å². The van der Waals surface area contributed by atoms with E-state index in [0.717, 1.165) is 6.20 Å². The third kappa shape index (κ3) is 4.87. The summed E-state index contributed by atoms with van der Waals surface area (Å²) in [6, 6.07) is 9.18. The predicted octanol–water partition coefficient (Wildman–Crippen LogP) is 1.60. The summed E-state index contributed by atoms with van der Waals surface area (Å²) in [5.74, 6) is -2.30. The van der Waals surface area contributed by atoms with Crippen molar-refractivity contribution in [2.45, 2.75) is 19.9 Å². The van der Waals surface area contributed by atoms with Gasteiger partial charge >= 0.3 is 5.97 Å². The molecule has 1 aromatic carbocycles. The molecule has 0 spiro atoms. The molecule has 0 fully saturated rings. The number of aliphatic carboxylic acids is 1. The number of nitrogens with zero attached hydrogens (tertiary/aromatic N) is 2. The van der Waals surface area contributed by atoms with Gasteiger partial charge in [-0.3, -0.25) is 4.79 Å². The van der Waals surface area contributed by atoms with E-state index < -0.39 is 17.9 Å². The fourth-order valence-corrected chi connectivity index (χ4v) is 1.74. The fourth-order valence-electron chi connectivity index (χ4n) is 1.74. The predicted molar refractivity (Wildman–Crippen MR) is 82.9 cm³/mol. The summed E-state index contributed by atoms with van der Waals surface area (Å²) in [6.07, 6.45) is 1.14. The van der Waals surface area contributed by atoms with Crippen LogP contribution in [0.25, 0.3) is 0 Å². The molecule has 0 heterocycles. The number of carbonyl (C=O) groups excluding carboxylic acids is 1. The molecule has 3 N–H and O–H groups in total. The minimum atomic E-state index is -1.17. The minimum absolute atomic E-state index is 0.287. The van der Waals surface area contributed by atoms with Crippen LogP contribution in [0.5, 0.6) is 0 Å². The summed E-state index contributed by atoms with van der Waals surface area (Å²) < 4.78 is 0. The fraction of sp³-hybridized carbons (Fsp3) is 0.250. The molecule has 1 atom stereocenters. The molecular formula is C16H16N4O3. The van der Waals surface area contributed by atoms with Crippen LogP contribution in [0.15, 0.2) is 36.0 Å². The Bertz CT molecular complexity index is 711. The second-order valence-corrected chi connectivity index (χ2v) is 5.00. The van der Waals surface area contributed by atoms with Crippen LogP contribution in [0.2, 0.25) is 0 Å². The second kappa shape index (κ2) is 8.20. The Kier molecular flexibility index (Phi) is 6.32. The highest BCUT2D eigenvalue weighted by Crippen LogP contribution is 2.14. The van der Waals surface area contributed by atoms with E-state index in [0.29, 0.717) is 11.3 Å². The lowest BCUT2D eigenvalue weighted by Gasteiger charge is -2.17. The standard InChI is InChI=1S/C16H16N4O3/c1-10(2)14(16(22)23)20-15(21)12(8-18)9-19-13-6-4-3-5-11(13)7-17/h3-6,9-10,14,19H,1-2H3,(H,20,21)(H,22,23)/b12-9-. The van der Waals surface area contributed by atoms with Crippen molar-refractivity contribution in [2.24, 2.45) is 5.92 Å². The van der Waals surface area contributed by atoms with Crippen molar-refractivity contribution in [3.63, 3.8) is 0 Å². The van der Waals surface area contributed by atoms with Crippen LogP contribution >= 0.6 is 0 Å². The van der Waals surface area contributed by atoms with Crippen molar-refractivity contribution in [2.75, 3.05) is 5.32 Å². The molecule has 0 aliphatic carbocycles. The van der Waals surface area contributed by atoms with Gasteiger partial charge in [-0.1, -0.05) is 26.0 Å². The quantitative estimate of drug-likeness (QED) is 0.541. The molecule has 7 nitrogen and oxygen atoms in total. The second-order valence-electron chi connectivity index (χ2n) is 5.00. The van der Waals surface area contributed by atoms with Crippen molar-refractivity contribution in [3.8, 4) is 12.1 Å². The Hall–Kier alpha value is -3.32. The van der Waals surface area contributed by atoms with Crippen LogP contribution < -0.4 is 10.6 Å². The van der Waals surface area contributed by atoms with Crippen LogP contribution in [-0.4, -0.2) is 23.0 Å². The molecule has 0 aliphatic rings. The van der Waals surface area contributed by atoms with Gasteiger partial charge in [0.2, 0.25) is 0 Å². The molecule has 0 saturated carbocycles. The van der Waals surface area contributed by atoms with E-state index in [1.54, 1.807) is 44.2 Å². The summed E-state index contributed by atoms with van der Waals surface area (Å²) in [6.45, 7) is 3.30. The molecule has 0 aliphatic heterocycles. The lowest BCUT2D eigenvalue weighted by Crippen LogP contribution is -2.44. The molecule has 0 aromatic heterocycles. The highest BCUT2D eigenvalue weighted by Gasteiger charge is 2.24. The first-order chi connectivity index (χ1) is 10.9. The zero-order valence-electron chi connectivity index (χ0n) is 12.7. The highest BCUT2D eigenvalue weighted by atomic mass is 16.4. The summed E-state index contributed by atoms with van der Waals surface area (Å²) in [4.78, 5) is 23.1. The Morgan fingerprint density at radius 1 is 1.26 bits per heavy atom. The molecule has 23 heavy (non-hydrogen) atoms. The number of carboxylic acids is 1. The van der Waals surface area contributed by atoms with Gasteiger partial charge in [-0.25, -0.2) is 4.79 Å². The van der Waals surface area contributed by atoms with Gasteiger partial charge in [0.05, 0.1) is 11.3 Å². The average Bonchev–Trinajstić information content (AvgIpc) is 2.52. The average molecular weight is 312 g/mol. The first-order valence-corrected chi connectivity index (χ1v) is 6.80. The zero-order chi connectivity index (χ0) is 17.4. The maximum absolute atomic E-state index is 12.0. The van der Waals surface area contributed by atoms with E-state index in [-0.39, 0.29) is 11.5 Å². The van der Waals surface area contributed by atoms with Crippen molar-refractivity contribution in [1.29, 1.82) is 10.5 Å². The number of para-hydroxylation sites is 1. The van der Waals surface area contributed by atoms with E-state index in [2.05, 4.69) is 10.6 Å². The Labute approximate surface area is 133 Å². The first-order valence-electron chi connectivity index (χ1n) is 6.80. The van der Waals surface area contributed by atoms with E-state index in [9.17, 15) is 9.59 Å². The van der Waals surface area contributed by atoms with Crippen LogP contribution in [-0.2, 0) is 9.59 Å². The SMILES string of the molecule is CC(C)C(NC(=O)/C(C#N)=C\Nc1ccccc1C#N)C(=O)O. The van der Waals surface area contributed by atoms with Crippen LogP contribution in [0.4, 0.5) is 5.69 Å². The van der Waals surface area contributed by atoms with E-state index in [4.69, 9.17) is 15.6 Å². The third-order valence-corrected chi connectivity index (χ3v) is 3.00. The van der Waals surface area contributed by atoms with E-state index in [1.807, 2.05) is 6.07 Å². The summed E-state index contributed by atoms with van der Waals surface area (Å²) >= 11 is 0. The van der Waals surface area contributed by atoms with E-state index in [1.165, 1.54) is 0 Å². The number of hydrogen-bond donors (Lipinski definition) is 3. The summed E-state index contributed by atoms with van der Waals surface area (Å²) in [7, 11) is 0. The number of rotatable bonds is 6. The minimum Gasteiger partial charge on any atom is -0.480 e. The van der Waals surface area contributed by atoms with Gasteiger partial charge in [-0.05, 0) is 18.1 Å². The smallest absolute Gasteiger partial charge is 0.326 e.